The molecule has 1 aromatic heterocycles. The summed E-state index contributed by atoms with van der Waals surface area (Å²) in [5.41, 5.74) is 2.32. The van der Waals surface area contributed by atoms with Gasteiger partial charge in [-0.1, -0.05) is 25.1 Å². The van der Waals surface area contributed by atoms with Crippen molar-refractivity contribution < 1.29 is 9.15 Å². The van der Waals surface area contributed by atoms with Gasteiger partial charge in [-0.25, -0.2) is 0 Å². The normalized spacial score (nSPS) is 11.0. The monoisotopic (exact) mass is 281 g/mol. The Morgan fingerprint density at radius 1 is 1.05 bits per heavy atom. The zero-order chi connectivity index (χ0) is 14.7. The second kappa shape index (κ2) is 6.02. The first kappa shape index (κ1) is 13.7. The van der Waals surface area contributed by atoms with Crippen LogP contribution in [0.3, 0.4) is 0 Å². The van der Waals surface area contributed by atoms with E-state index in [2.05, 4.69) is 36.5 Å². The summed E-state index contributed by atoms with van der Waals surface area (Å²) < 4.78 is 10.9. The van der Waals surface area contributed by atoms with Crippen LogP contribution in [0.1, 0.15) is 12.7 Å². The maximum atomic E-state index is 5.59. The van der Waals surface area contributed by atoms with Gasteiger partial charge in [-0.3, -0.25) is 0 Å². The van der Waals surface area contributed by atoms with E-state index in [1.54, 1.807) is 13.4 Å². The van der Waals surface area contributed by atoms with Gasteiger partial charge in [0.05, 0.1) is 19.9 Å². The molecular formula is C18H19NO2. The van der Waals surface area contributed by atoms with Crippen LogP contribution in [-0.2, 0) is 6.54 Å². The predicted molar refractivity (Wildman–Crippen MR) is 85.6 cm³/mol. The average Bonchev–Trinajstić information content (AvgIpc) is 3.00. The van der Waals surface area contributed by atoms with Crippen LogP contribution in [0.4, 0.5) is 0 Å². The molecule has 3 rings (SSSR count). The summed E-state index contributed by atoms with van der Waals surface area (Å²) in [6, 6.07) is 14.6. The molecule has 1 heterocycles. The van der Waals surface area contributed by atoms with Crippen LogP contribution in [0.2, 0.25) is 0 Å². The van der Waals surface area contributed by atoms with E-state index in [9.17, 15) is 0 Å². The lowest BCUT2D eigenvalue weighted by Gasteiger charge is -2.07. The number of hydrogen-bond donors (Lipinski definition) is 1. The molecule has 0 aliphatic carbocycles. The zero-order valence-electron chi connectivity index (χ0n) is 12.3. The molecule has 0 radical (unpaired) electrons. The highest BCUT2D eigenvalue weighted by molar-refractivity contribution is 5.88. The highest BCUT2D eigenvalue weighted by Crippen LogP contribution is 2.29. The van der Waals surface area contributed by atoms with Crippen LogP contribution < -0.4 is 10.1 Å². The predicted octanol–water partition coefficient (Wildman–Crippen LogP) is 4.22. The number of hydrogen-bond acceptors (Lipinski definition) is 3. The Balaban J connectivity index is 1.99. The fourth-order valence-electron chi connectivity index (χ4n) is 2.49. The number of nitrogens with one attached hydrogen (secondary N) is 1. The highest BCUT2D eigenvalue weighted by atomic mass is 16.5. The lowest BCUT2D eigenvalue weighted by molar-refractivity contribution is 0.415. The summed E-state index contributed by atoms with van der Waals surface area (Å²) in [5, 5.41) is 5.68. The Labute approximate surface area is 124 Å². The first-order chi connectivity index (χ1) is 10.3. The van der Waals surface area contributed by atoms with Gasteiger partial charge in [0.15, 0.2) is 0 Å². The van der Waals surface area contributed by atoms with Crippen molar-refractivity contribution >= 4 is 10.8 Å². The van der Waals surface area contributed by atoms with Crippen molar-refractivity contribution in [2.45, 2.75) is 13.5 Å². The second-order valence-electron chi connectivity index (χ2n) is 4.97. The van der Waals surface area contributed by atoms with Crippen molar-refractivity contribution in [2.75, 3.05) is 13.7 Å². The van der Waals surface area contributed by atoms with Crippen LogP contribution in [-0.4, -0.2) is 13.7 Å². The number of benzene rings is 2. The molecule has 21 heavy (non-hydrogen) atoms. The van der Waals surface area contributed by atoms with E-state index in [4.69, 9.17) is 9.15 Å². The molecule has 0 unspecified atom stereocenters. The summed E-state index contributed by atoms with van der Waals surface area (Å²) in [6.45, 7) is 3.77. The second-order valence-corrected chi connectivity index (χ2v) is 4.97. The van der Waals surface area contributed by atoms with E-state index >= 15 is 0 Å². The minimum Gasteiger partial charge on any atom is -0.497 e. The quantitative estimate of drug-likeness (QED) is 0.760. The summed E-state index contributed by atoms with van der Waals surface area (Å²) >= 11 is 0. The zero-order valence-corrected chi connectivity index (χ0v) is 12.3. The number of rotatable bonds is 5. The van der Waals surface area contributed by atoms with Crippen molar-refractivity contribution in [3.05, 3.63) is 54.5 Å². The van der Waals surface area contributed by atoms with E-state index in [1.807, 2.05) is 18.2 Å². The molecule has 0 spiro atoms. The number of furan rings is 1. The Morgan fingerprint density at radius 2 is 1.86 bits per heavy atom. The lowest BCUT2D eigenvalue weighted by Crippen LogP contribution is -2.11. The standard InChI is InChI=1S/C18H19NO2/c1-3-19-12-18-17(8-9-21-18)15-5-4-14-11-16(20-2)7-6-13(14)10-15/h4-11,19H,3,12H2,1-2H3. The van der Waals surface area contributed by atoms with Gasteiger partial charge in [-0.15, -0.1) is 0 Å². The van der Waals surface area contributed by atoms with Crippen molar-refractivity contribution in [2.24, 2.45) is 0 Å². The van der Waals surface area contributed by atoms with E-state index in [1.165, 1.54) is 16.3 Å². The van der Waals surface area contributed by atoms with Crippen LogP contribution in [0.25, 0.3) is 21.9 Å². The minimum absolute atomic E-state index is 0.749. The van der Waals surface area contributed by atoms with Crippen molar-refractivity contribution in [1.82, 2.24) is 5.32 Å². The molecule has 3 aromatic rings. The van der Waals surface area contributed by atoms with E-state index in [-0.39, 0.29) is 0 Å². The molecule has 2 aromatic carbocycles. The van der Waals surface area contributed by atoms with Crippen LogP contribution in [0.5, 0.6) is 5.75 Å². The maximum Gasteiger partial charge on any atom is 0.125 e. The van der Waals surface area contributed by atoms with Gasteiger partial charge in [0.2, 0.25) is 0 Å². The SMILES string of the molecule is CCNCc1occc1-c1ccc2cc(OC)ccc2c1. The van der Waals surface area contributed by atoms with Gasteiger partial charge in [-0.05, 0) is 47.1 Å². The van der Waals surface area contributed by atoms with Gasteiger partial charge >= 0.3 is 0 Å². The molecule has 1 N–H and O–H groups in total. The van der Waals surface area contributed by atoms with Gasteiger partial charge in [-0.2, -0.15) is 0 Å². The van der Waals surface area contributed by atoms with Gasteiger partial charge in [0.1, 0.15) is 11.5 Å². The third-order valence-corrected chi connectivity index (χ3v) is 3.64. The maximum absolute atomic E-state index is 5.59. The summed E-state index contributed by atoms with van der Waals surface area (Å²) in [6.07, 6.45) is 1.75. The number of methoxy groups -OCH3 is 1. The topological polar surface area (TPSA) is 34.4 Å². The van der Waals surface area contributed by atoms with Gasteiger partial charge in [0, 0.05) is 5.56 Å². The Morgan fingerprint density at radius 3 is 2.67 bits per heavy atom. The smallest absolute Gasteiger partial charge is 0.125 e. The molecule has 0 bridgehead atoms. The molecule has 0 amide bonds. The lowest BCUT2D eigenvalue weighted by atomic mass is 10.0. The molecule has 3 heteroatoms. The van der Waals surface area contributed by atoms with E-state index in [0.29, 0.717) is 0 Å². The molecule has 3 nitrogen and oxygen atoms in total. The molecular weight excluding hydrogens is 262 g/mol. The first-order valence-corrected chi connectivity index (χ1v) is 7.17. The molecule has 0 saturated heterocycles. The van der Waals surface area contributed by atoms with Crippen molar-refractivity contribution in [3.63, 3.8) is 0 Å². The minimum atomic E-state index is 0.749. The van der Waals surface area contributed by atoms with E-state index < -0.39 is 0 Å². The summed E-state index contributed by atoms with van der Waals surface area (Å²) in [4.78, 5) is 0. The van der Waals surface area contributed by atoms with Crippen molar-refractivity contribution in [3.8, 4) is 16.9 Å². The van der Waals surface area contributed by atoms with Gasteiger partial charge < -0.3 is 14.5 Å². The van der Waals surface area contributed by atoms with Crippen LogP contribution in [0, 0.1) is 0 Å². The summed E-state index contributed by atoms with van der Waals surface area (Å²) in [5.74, 6) is 1.86. The Bertz CT molecular complexity index is 746. The molecule has 0 fully saturated rings. The van der Waals surface area contributed by atoms with Crippen LogP contribution >= 0.6 is 0 Å². The van der Waals surface area contributed by atoms with Gasteiger partial charge in [0.25, 0.3) is 0 Å². The van der Waals surface area contributed by atoms with E-state index in [0.717, 1.165) is 30.2 Å². The molecule has 0 atom stereocenters. The third-order valence-electron chi connectivity index (χ3n) is 3.64. The molecule has 108 valence electrons. The first-order valence-electron chi connectivity index (χ1n) is 7.17. The van der Waals surface area contributed by atoms with Crippen LogP contribution in [0.15, 0.2) is 53.1 Å². The number of ether oxygens (including phenoxy) is 1. The Kier molecular flexibility index (Phi) is 3.93. The third kappa shape index (κ3) is 2.78. The molecule has 0 aliphatic rings. The van der Waals surface area contributed by atoms with Crippen molar-refractivity contribution in [1.29, 1.82) is 0 Å². The average molecular weight is 281 g/mol. The molecule has 0 aliphatic heterocycles. The Hall–Kier alpha value is -2.26. The highest BCUT2D eigenvalue weighted by Gasteiger charge is 2.09. The number of fused-ring (bicyclic) bond motifs is 1. The summed E-state index contributed by atoms with van der Waals surface area (Å²) in [7, 11) is 1.69. The molecule has 0 saturated carbocycles. The fourth-order valence-corrected chi connectivity index (χ4v) is 2.49. The fraction of sp³-hybridized carbons (Fsp3) is 0.222. The largest absolute Gasteiger partial charge is 0.497 e.